The summed E-state index contributed by atoms with van der Waals surface area (Å²) in [4.78, 5) is 11.6. The topological polar surface area (TPSA) is 52.3 Å². The molecule has 0 heterocycles. The maximum atomic E-state index is 11.6. The Labute approximate surface area is 101 Å². The van der Waals surface area contributed by atoms with E-state index in [-0.39, 0.29) is 12.4 Å². The summed E-state index contributed by atoms with van der Waals surface area (Å²) < 4.78 is 5.20. The van der Waals surface area contributed by atoms with Gasteiger partial charge in [0.25, 0.3) is 0 Å². The molecule has 0 radical (unpaired) electrons. The fraction of sp³-hybridized carbons (Fsp3) is 0.417. The van der Waals surface area contributed by atoms with Gasteiger partial charge in [-0.1, -0.05) is 17.7 Å². The molecule has 0 atom stereocenters. The van der Waals surface area contributed by atoms with Gasteiger partial charge in [0, 0.05) is 10.7 Å². The van der Waals surface area contributed by atoms with Crippen LogP contribution >= 0.6 is 11.6 Å². The van der Waals surface area contributed by atoms with Gasteiger partial charge in [0.05, 0.1) is 6.42 Å². The summed E-state index contributed by atoms with van der Waals surface area (Å²) in [6.45, 7) is 5.49. The quantitative estimate of drug-likeness (QED) is 0.640. The highest BCUT2D eigenvalue weighted by atomic mass is 35.5. The molecule has 1 aromatic carbocycles. The van der Waals surface area contributed by atoms with Crippen molar-refractivity contribution in [3.05, 3.63) is 28.8 Å². The second-order valence-corrected chi connectivity index (χ2v) is 5.04. The van der Waals surface area contributed by atoms with E-state index < -0.39 is 5.60 Å². The molecule has 4 heteroatoms. The maximum Gasteiger partial charge on any atom is 0.310 e. The highest BCUT2D eigenvalue weighted by Gasteiger charge is 2.17. The predicted molar refractivity (Wildman–Crippen MR) is 65.4 cm³/mol. The zero-order chi connectivity index (χ0) is 12.3. The predicted octanol–water partition coefficient (Wildman–Crippen LogP) is 2.81. The molecule has 0 saturated heterocycles. The minimum Gasteiger partial charge on any atom is -0.460 e. The van der Waals surface area contributed by atoms with E-state index in [9.17, 15) is 4.79 Å². The van der Waals surface area contributed by atoms with E-state index in [2.05, 4.69) is 0 Å². The van der Waals surface area contributed by atoms with Crippen molar-refractivity contribution in [2.45, 2.75) is 32.8 Å². The molecule has 3 nitrogen and oxygen atoms in total. The lowest BCUT2D eigenvalue weighted by Gasteiger charge is -2.19. The van der Waals surface area contributed by atoms with Crippen LogP contribution in [-0.4, -0.2) is 11.6 Å². The van der Waals surface area contributed by atoms with Gasteiger partial charge in [0.2, 0.25) is 0 Å². The zero-order valence-electron chi connectivity index (χ0n) is 9.71. The van der Waals surface area contributed by atoms with Gasteiger partial charge in [-0.05, 0) is 38.5 Å². The number of halogens is 1. The van der Waals surface area contributed by atoms with Crippen LogP contribution in [0.3, 0.4) is 0 Å². The van der Waals surface area contributed by atoms with E-state index in [0.29, 0.717) is 10.7 Å². The summed E-state index contributed by atoms with van der Waals surface area (Å²) >= 11 is 5.76. The first-order valence-electron chi connectivity index (χ1n) is 5.04. The van der Waals surface area contributed by atoms with Crippen LogP contribution < -0.4 is 5.73 Å². The summed E-state index contributed by atoms with van der Waals surface area (Å²) in [7, 11) is 0. The van der Waals surface area contributed by atoms with E-state index in [1.54, 1.807) is 18.2 Å². The fourth-order valence-electron chi connectivity index (χ4n) is 1.26. The molecule has 2 N–H and O–H groups in total. The van der Waals surface area contributed by atoms with Crippen molar-refractivity contribution in [3.63, 3.8) is 0 Å². The molecule has 0 aliphatic heterocycles. The van der Waals surface area contributed by atoms with Gasteiger partial charge in [-0.15, -0.1) is 0 Å². The average molecular weight is 242 g/mol. The van der Waals surface area contributed by atoms with E-state index in [1.807, 2.05) is 20.8 Å². The van der Waals surface area contributed by atoms with Gasteiger partial charge in [-0.2, -0.15) is 0 Å². The Balaban J connectivity index is 2.70. The monoisotopic (exact) mass is 241 g/mol. The Morgan fingerprint density at radius 1 is 1.44 bits per heavy atom. The molecule has 0 amide bonds. The zero-order valence-corrected chi connectivity index (χ0v) is 10.5. The van der Waals surface area contributed by atoms with Crippen molar-refractivity contribution in [3.8, 4) is 0 Å². The van der Waals surface area contributed by atoms with Gasteiger partial charge >= 0.3 is 5.97 Å². The minimum atomic E-state index is -0.474. The lowest BCUT2D eigenvalue weighted by atomic mass is 10.1. The van der Waals surface area contributed by atoms with Gasteiger partial charge in [0.15, 0.2) is 0 Å². The second kappa shape index (κ2) is 4.74. The molecule has 88 valence electrons. The molecule has 1 rings (SSSR count). The highest BCUT2D eigenvalue weighted by molar-refractivity contribution is 6.30. The van der Waals surface area contributed by atoms with Crippen molar-refractivity contribution in [1.82, 2.24) is 0 Å². The number of hydrogen-bond acceptors (Lipinski definition) is 3. The molecule has 0 saturated carbocycles. The van der Waals surface area contributed by atoms with Crippen LogP contribution in [0.15, 0.2) is 18.2 Å². The first kappa shape index (κ1) is 12.8. The van der Waals surface area contributed by atoms with Crippen molar-refractivity contribution >= 4 is 23.3 Å². The van der Waals surface area contributed by atoms with Crippen molar-refractivity contribution in [2.75, 3.05) is 5.73 Å². The van der Waals surface area contributed by atoms with Gasteiger partial charge in [-0.25, -0.2) is 0 Å². The Morgan fingerprint density at radius 3 is 2.56 bits per heavy atom. The molecule has 16 heavy (non-hydrogen) atoms. The molecule has 0 aromatic heterocycles. The maximum absolute atomic E-state index is 11.6. The summed E-state index contributed by atoms with van der Waals surface area (Å²) in [5, 5.41) is 0.561. The molecule has 0 unspecified atom stereocenters. The van der Waals surface area contributed by atoms with Crippen LogP contribution in [-0.2, 0) is 16.0 Å². The molecule has 0 aliphatic rings. The normalized spacial score (nSPS) is 11.2. The summed E-state index contributed by atoms with van der Waals surface area (Å²) in [5.74, 6) is -0.290. The highest BCUT2D eigenvalue weighted by Crippen LogP contribution is 2.19. The Hall–Kier alpha value is -1.22. The lowest BCUT2D eigenvalue weighted by Crippen LogP contribution is -2.25. The third-order valence-electron chi connectivity index (χ3n) is 1.86. The fourth-order valence-corrected chi connectivity index (χ4v) is 1.44. The molecule has 0 fully saturated rings. The summed E-state index contributed by atoms with van der Waals surface area (Å²) in [6, 6.07) is 5.07. The molecule has 0 bridgehead atoms. The smallest absolute Gasteiger partial charge is 0.310 e. The number of carbonyl (C=O) groups is 1. The standard InChI is InChI=1S/C12H16ClNO2/c1-12(2,3)16-11(15)6-8-4-5-9(13)7-10(8)14/h4-5,7H,6,14H2,1-3H3. The van der Waals surface area contributed by atoms with Gasteiger partial charge in [0.1, 0.15) is 5.60 Å². The van der Waals surface area contributed by atoms with Crippen LogP contribution in [0, 0.1) is 0 Å². The number of benzene rings is 1. The van der Waals surface area contributed by atoms with Crippen LogP contribution in [0.2, 0.25) is 5.02 Å². The molecule has 0 spiro atoms. The second-order valence-electron chi connectivity index (χ2n) is 4.61. The van der Waals surface area contributed by atoms with Gasteiger partial charge < -0.3 is 10.5 Å². The van der Waals surface area contributed by atoms with E-state index in [0.717, 1.165) is 5.56 Å². The van der Waals surface area contributed by atoms with E-state index in [1.165, 1.54) is 0 Å². The number of nitrogen functional groups attached to an aromatic ring is 1. The van der Waals surface area contributed by atoms with Crippen LogP contribution in [0.1, 0.15) is 26.3 Å². The number of carbonyl (C=O) groups excluding carboxylic acids is 1. The number of anilines is 1. The SMILES string of the molecule is CC(C)(C)OC(=O)Cc1ccc(Cl)cc1N. The number of rotatable bonds is 2. The number of esters is 1. The lowest BCUT2D eigenvalue weighted by molar-refractivity contribution is -0.153. The minimum absolute atomic E-state index is 0.167. The first-order valence-corrected chi connectivity index (χ1v) is 5.41. The molecule has 1 aromatic rings. The Morgan fingerprint density at radius 2 is 2.06 bits per heavy atom. The molecular formula is C12H16ClNO2. The first-order chi connectivity index (χ1) is 7.28. The van der Waals surface area contributed by atoms with Crippen LogP contribution in [0.25, 0.3) is 0 Å². The summed E-state index contributed by atoms with van der Waals surface area (Å²) in [6.07, 6.45) is 0.167. The van der Waals surface area contributed by atoms with E-state index in [4.69, 9.17) is 22.1 Å². The molecular weight excluding hydrogens is 226 g/mol. The molecule has 0 aliphatic carbocycles. The largest absolute Gasteiger partial charge is 0.460 e. The average Bonchev–Trinajstić information content (AvgIpc) is 2.06. The third-order valence-corrected chi connectivity index (χ3v) is 2.10. The van der Waals surface area contributed by atoms with Crippen molar-refractivity contribution in [2.24, 2.45) is 0 Å². The Kier molecular flexibility index (Phi) is 3.81. The van der Waals surface area contributed by atoms with Crippen molar-refractivity contribution < 1.29 is 9.53 Å². The number of nitrogens with two attached hydrogens (primary N) is 1. The van der Waals surface area contributed by atoms with E-state index >= 15 is 0 Å². The van der Waals surface area contributed by atoms with Crippen LogP contribution in [0.5, 0.6) is 0 Å². The number of ether oxygens (including phenoxy) is 1. The number of hydrogen-bond donors (Lipinski definition) is 1. The van der Waals surface area contributed by atoms with Gasteiger partial charge in [-0.3, -0.25) is 4.79 Å². The Bertz CT molecular complexity index is 396. The third kappa shape index (κ3) is 4.11. The van der Waals surface area contributed by atoms with Crippen molar-refractivity contribution in [1.29, 1.82) is 0 Å². The summed E-state index contributed by atoms with van der Waals surface area (Å²) in [5.41, 5.74) is 6.51. The van der Waals surface area contributed by atoms with Crippen LogP contribution in [0.4, 0.5) is 5.69 Å².